The summed E-state index contributed by atoms with van der Waals surface area (Å²) < 4.78 is 5.22. The lowest BCUT2D eigenvalue weighted by Crippen LogP contribution is -1.93. The van der Waals surface area contributed by atoms with Gasteiger partial charge in [0.25, 0.3) is 0 Å². The summed E-state index contributed by atoms with van der Waals surface area (Å²) in [4.78, 5) is 0. The fourth-order valence-corrected chi connectivity index (χ4v) is 0.493. The molecule has 0 aromatic carbocycles. The first-order valence-corrected chi connectivity index (χ1v) is 3.49. The summed E-state index contributed by atoms with van der Waals surface area (Å²) in [5, 5.41) is 0. The molecule has 0 saturated carbocycles. The lowest BCUT2D eigenvalue weighted by Gasteiger charge is -1.97. The molecule has 0 radical (unpaired) electrons. The molecule has 0 fully saturated rings. The van der Waals surface area contributed by atoms with Gasteiger partial charge in [0.05, 0.1) is 0 Å². The van der Waals surface area contributed by atoms with Crippen LogP contribution in [-0.2, 0) is 4.74 Å². The van der Waals surface area contributed by atoms with Crippen LogP contribution in [0.3, 0.4) is 0 Å². The molecular formula is C8H20O. The SMILES string of the molecule is C.CCCCOCCC. The van der Waals surface area contributed by atoms with Crippen molar-refractivity contribution in [3.8, 4) is 0 Å². The van der Waals surface area contributed by atoms with Crippen LogP contribution in [0.25, 0.3) is 0 Å². The Bertz CT molecular complexity index is 29.5. The predicted octanol–water partition coefficient (Wildman–Crippen LogP) is 2.85. The Kier molecular flexibility index (Phi) is 14.1. The molecule has 0 aromatic rings. The van der Waals surface area contributed by atoms with E-state index in [-0.39, 0.29) is 7.43 Å². The summed E-state index contributed by atoms with van der Waals surface area (Å²) in [5.74, 6) is 0. The standard InChI is InChI=1S/C7H16O.CH4/c1-3-5-7-8-6-4-2;/h3-7H2,1-2H3;1H4. The fourth-order valence-electron chi connectivity index (χ4n) is 0.493. The maximum atomic E-state index is 5.22. The van der Waals surface area contributed by atoms with Crippen molar-refractivity contribution in [1.29, 1.82) is 0 Å². The minimum atomic E-state index is 0. The van der Waals surface area contributed by atoms with Crippen molar-refractivity contribution in [2.75, 3.05) is 13.2 Å². The molecule has 0 saturated heterocycles. The Morgan fingerprint density at radius 2 is 1.67 bits per heavy atom. The van der Waals surface area contributed by atoms with Gasteiger partial charge in [-0.3, -0.25) is 0 Å². The Balaban J connectivity index is 0. The van der Waals surface area contributed by atoms with E-state index in [1.165, 1.54) is 12.8 Å². The molecule has 9 heavy (non-hydrogen) atoms. The maximum absolute atomic E-state index is 5.22. The quantitative estimate of drug-likeness (QED) is 0.523. The first-order chi connectivity index (χ1) is 3.91. The number of rotatable bonds is 5. The molecule has 0 spiro atoms. The molecule has 1 nitrogen and oxygen atoms in total. The largest absolute Gasteiger partial charge is 0.381 e. The van der Waals surface area contributed by atoms with Crippen molar-refractivity contribution in [1.82, 2.24) is 0 Å². The van der Waals surface area contributed by atoms with E-state index < -0.39 is 0 Å². The molecule has 0 unspecified atom stereocenters. The average Bonchev–Trinajstić information content (AvgIpc) is 1.81. The molecule has 0 aromatic heterocycles. The smallest absolute Gasteiger partial charge is 0.0465 e. The molecule has 58 valence electrons. The molecule has 0 aliphatic carbocycles. The summed E-state index contributed by atoms with van der Waals surface area (Å²) in [6, 6.07) is 0. The highest BCUT2D eigenvalue weighted by molar-refractivity contribution is 4.30. The van der Waals surface area contributed by atoms with Crippen molar-refractivity contribution in [3.05, 3.63) is 0 Å². The van der Waals surface area contributed by atoms with E-state index in [1.807, 2.05) is 0 Å². The number of hydrogen-bond donors (Lipinski definition) is 0. The van der Waals surface area contributed by atoms with Crippen LogP contribution in [0, 0.1) is 0 Å². The van der Waals surface area contributed by atoms with E-state index >= 15 is 0 Å². The Morgan fingerprint density at radius 3 is 2.11 bits per heavy atom. The van der Waals surface area contributed by atoms with Gasteiger partial charge in [-0.15, -0.1) is 0 Å². The van der Waals surface area contributed by atoms with Crippen molar-refractivity contribution in [2.45, 2.75) is 40.5 Å². The lowest BCUT2D eigenvalue weighted by molar-refractivity contribution is 0.132. The minimum absolute atomic E-state index is 0. The highest BCUT2D eigenvalue weighted by Gasteiger charge is 1.81. The monoisotopic (exact) mass is 132 g/mol. The molecule has 0 rings (SSSR count). The Morgan fingerprint density at radius 1 is 1.00 bits per heavy atom. The average molecular weight is 132 g/mol. The molecule has 0 N–H and O–H groups in total. The number of ether oxygens (including phenoxy) is 1. The number of unbranched alkanes of at least 4 members (excludes halogenated alkanes) is 1. The van der Waals surface area contributed by atoms with E-state index in [0.717, 1.165) is 19.6 Å². The summed E-state index contributed by atoms with van der Waals surface area (Å²) in [5.41, 5.74) is 0. The van der Waals surface area contributed by atoms with Crippen molar-refractivity contribution in [2.24, 2.45) is 0 Å². The van der Waals surface area contributed by atoms with Gasteiger partial charge in [0, 0.05) is 13.2 Å². The van der Waals surface area contributed by atoms with Crippen LogP contribution in [0.4, 0.5) is 0 Å². The van der Waals surface area contributed by atoms with Gasteiger partial charge in [-0.25, -0.2) is 0 Å². The number of hydrogen-bond acceptors (Lipinski definition) is 1. The second-order valence-electron chi connectivity index (χ2n) is 1.97. The van der Waals surface area contributed by atoms with E-state index in [9.17, 15) is 0 Å². The van der Waals surface area contributed by atoms with E-state index in [1.54, 1.807) is 0 Å². The minimum Gasteiger partial charge on any atom is -0.381 e. The third kappa shape index (κ3) is 11.5. The zero-order chi connectivity index (χ0) is 6.24. The van der Waals surface area contributed by atoms with Crippen LogP contribution in [0.1, 0.15) is 40.5 Å². The molecule has 0 heterocycles. The predicted molar refractivity (Wildman–Crippen MR) is 42.7 cm³/mol. The second-order valence-corrected chi connectivity index (χ2v) is 1.97. The second kappa shape index (κ2) is 10.9. The van der Waals surface area contributed by atoms with E-state index in [2.05, 4.69) is 13.8 Å². The summed E-state index contributed by atoms with van der Waals surface area (Å²) in [6.45, 7) is 6.19. The summed E-state index contributed by atoms with van der Waals surface area (Å²) >= 11 is 0. The normalized spacial score (nSPS) is 8.67. The van der Waals surface area contributed by atoms with Crippen LogP contribution in [0.5, 0.6) is 0 Å². The van der Waals surface area contributed by atoms with E-state index in [0.29, 0.717) is 0 Å². The third-order valence-electron chi connectivity index (χ3n) is 0.991. The molecule has 0 bridgehead atoms. The lowest BCUT2D eigenvalue weighted by atomic mass is 10.4. The van der Waals surface area contributed by atoms with Gasteiger partial charge < -0.3 is 4.74 Å². The first kappa shape index (κ1) is 11.7. The summed E-state index contributed by atoms with van der Waals surface area (Å²) in [7, 11) is 0. The van der Waals surface area contributed by atoms with Crippen LogP contribution >= 0.6 is 0 Å². The molecule has 0 aliphatic heterocycles. The van der Waals surface area contributed by atoms with Gasteiger partial charge in [-0.05, 0) is 12.8 Å². The zero-order valence-electron chi connectivity index (χ0n) is 5.94. The highest BCUT2D eigenvalue weighted by Crippen LogP contribution is 1.87. The zero-order valence-corrected chi connectivity index (χ0v) is 5.94. The molecule has 0 atom stereocenters. The Hall–Kier alpha value is -0.0400. The van der Waals surface area contributed by atoms with E-state index in [4.69, 9.17) is 4.74 Å². The van der Waals surface area contributed by atoms with Gasteiger partial charge in [-0.1, -0.05) is 27.7 Å². The first-order valence-electron chi connectivity index (χ1n) is 3.49. The Labute approximate surface area is 59.4 Å². The summed E-state index contributed by atoms with van der Waals surface area (Å²) in [6.07, 6.45) is 3.59. The van der Waals surface area contributed by atoms with Crippen molar-refractivity contribution in [3.63, 3.8) is 0 Å². The highest BCUT2D eigenvalue weighted by atomic mass is 16.5. The molecular weight excluding hydrogens is 112 g/mol. The van der Waals surface area contributed by atoms with Crippen LogP contribution in [-0.4, -0.2) is 13.2 Å². The molecule has 1 heteroatoms. The van der Waals surface area contributed by atoms with Gasteiger partial charge in [-0.2, -0.15) is 0 Å². The van der Waals surface area contributed by atoms with Crippen molar-refractivity contribution >= 4 is 0 Å². The fraction of sp³-hybridized carbons (Fsp3) is 1.00. The van der Waals surface area contributed by atoms with Crippen LogP contribution < -0.4 is 0 Å². The molecule has 0 amide bonds. The van der Waals surface area contributed by atoms with Gasteiger partial charge in [0.1, 0.15) is 0 Å². The van der Waals surface area contributed by atoms with Gasteiger partial charge in [0.15, 0.2) is 0 Å². The van der Waals surface area contributed by atoms with Gasteiger partial charge in [0.2, 0.25) is 0 Å². The van der Waals surface area contributed by atoms with Crippen LogP contribution in [0.15, 0.2) is 0 Å². The van der Waals surface area contributed by atoms with Crippen LogP contribution in [0.2, 0.25) is 0 Å². The van der Waals surface area contributed by atoms with Gasteiger partial charge >= 0.3 is 0 Å². The third-order valence-corrected chi connectivity index (χ3v) is 0.991. The topological polar surface area (TPSA) is 9.23 Å². The maximum Gasteiger partial charge on any atom is 0.0465 e. The van der Waals surface area contributed by atoms with Crippen molar-refractivity contribution < 1.29 is 4.74 Å². The molecule has 0 aliphatic rings.